The summed E-state index contributed by atoms with van der Waals surface area (Å²) in [7, 11) is 0. The van der Waals surface area contributed by atoms with Gasteiger partial charge in [-0.15, -0.1) is 0 Å². The van der Waals surface area contributed by atoms with Gasteiger partial charge < -0.3 is 10.4 Å². The van der Waals surface area contributed by atoms with Gasteiger partial charge in [-0.25, -0.2) is 0 Å². The summed E-state index contributed by atoms with van der Waals surface area (Å²) in [5.74, 6) is 0. The van der Waals surface area contributed by atoms with Crippen LogP contribution in [0.4, 0.5) is 11.4 Å². The van der Waals surface area contributed by atoms with Crippen LogP contribution >= 0.6 is 0 Å². The number of aliphatic hydroxyl groups excluding tert-OH is 1. The average molecular weight is 197 g/mol. The quantitative estimate of drug-likeness (QED) is 0.680. The van der Waals surface area contributed by atoms with E-state index < -0.39 is 6.10 Å². The van der Waals surface area contributed by atoms with Gasteiger partial charge in [-0.05, 0) is 12.1 Å². The number of nitrogens with one attached hydrogen (secondary N) is 1. The van der Waals surface area contributed by atoms with E-state index in [-0.39, 0.29) is 0 Å². The van der Waals surface area contributed by atoms with Crippen molar-refractivity contribution < 1.29 is 5.11 Å². The lowest BCUT2D eigenvalue weighted by Gasteiger charge is -2.25. The lowest BCUT2D eigenvalue weighted by Crippen LogP contribution is -2.11. The highest BCUT2D eigenvalue weighted by Gasteiger charge is 2.22. The molecule has 2 nitrogen and oxygen atoms in total. The van der Waals surface area contributed by atoms with Crippen molar-refractivity contribution in [2.75, 3.05) is 5.32 Å². The monoisotopic (exact) mass is 197 g/mol. The Labute approximate surface area is 88.2 Å². The number of hydrogen-bond acceptors (Lipinski definition) is 2. The molecule has 2 heteroatoms. The second kappa shape index (κ2) is 3.11. The second-order valence-corrected chi connectivity index (χ2v) is 3.70. The molecule has 0 fully saturated rings. The molecule has 15 heavy (non-hydrogen) atoms. The van der Waals surface area contributed by atoms with Crippen molar-refractivity contribution in [1.29, 1.82) is 0 Å². The van der Waals surface area contributed by atoms with Gasteiger partial charge in [0.05, 0.1) is 0 Å². The first-order valence-electron chi connectivity index (χ1n) is 4.99. The van der Waals surface area contributed by atoms with E-state index in [4.69, 9.17) is 0 Å². The summed E-state index contributed by atoms with van der Waals surface area (Å²) in [6.45, 7) is 0. The molecule has 1 aliphatic heterocycles. The zero-order valence-corrected chi connectivity index (χ0v) is 8.14. The molecule has 0 unspecified atom stereocenters. The Hall–Kier alpha value is -1.80. The van der Waals surface area contributed by atoms with Gasteiger partial charge in [0, 0.05) is 22.5 Å². The summed E-state index contributed by atoms with van der Waals surface area (Å²) in [6, 6.07) is 15.7. The van der Waals surface area contributed by atoms with E-state index in [9.17, 15) is 5.11 Å². The van der Waals surface area contributed by atoms with Crippen LogP contribution < -0.4 is 5.32 Å². The lowest BCUT2D eigenvalue weighted by atomic mass is 9.94. The summed E-state index contributed by atoms with van der Waals surface area (Å²) < 4.78 is 0. The maximum absolute atomic E-state index is 10.2. The van der Waals surface area contributed by atoms with Crippen molar-refractivity contribution in [2.45, 2.75) is 6.10 Å². The van der Waals surface area contributed by atoms with Crippen LogP contribution in [0.15, 0.2) is 48.5 Å². The van der Waals surface area contributed by atoms with Crippen LogP contribution in [0.25, 0.3) is 0 Å². The van der Waals surface area contributed by atoms with Crippen LogP contribution in [0.2, 0.25) is 0 Å². The second-order valence-electron chi connectivity index (χ2n) is 3.70. The van der Waals surface area contributed by atoms with E-state index in [1.165, 1.54) is 0 Å². The molecule has 74 valence electrons. The van der Waals surface area contributed by atoms with Gasteiger partial charge in [0.25, 0.3) is 0 Å². The minimum atomic E-state index is -0.515. The molecule has 0 saturated carbocycles. The standard InChI is InChI=1S/C13H11NO/c15-13-9-5-1-3-7-11(9)14-12-8-4-2-6-10(12)13/h1-8,13-15H. The van der Waals surface area contributed by atoms with E-state index in [1.54, 1.807) is 0 Å². The highest BCUT2D eigenvalue weighted by Crippen LogP contribution is 2.38. The van der Waals surface area contributed by atoms with E-state index in [0.717, 1.165) is 22.5 Å². The van der Waals surface area contributed by atoms with Crippen LogP contribution in [0.3, 0.4) is 0 Å². The van der Waals surface area contributed by atoms with Crippen LogP contribution in [0.1, 0.15) is 17.2 Å². The summed E-state index contributed by atoms with van der Waals surface area (Å²) in [6.07, 6.45) is -0.515. The van der Waals surface area contributed by atoms with E-state index >= 15 is 0 Å². The number of anilines is 2. The zero-order valence-electron chi connectivity index (χ0n) is 8.14. The molecule has 0 aromatic heterocycles. The molecule has 3 rings (SSSR count). The minimum absolute atomic E-state index is 0.515. The van der Waals surface area contributed by atoms with Gasteiger partial charge in [0.2, 0.25) is 0 Å². The molecule has 0 amide bonds. The predicted molar refractivity (Wildman–Crippen MR) is 60.2 cm³/mol. The van der Waals surface area contributed by atoms with Gasteiger partial charge in [0.1, 0.15) is 6.10 Å². The Morgan fingerprint density at radius 1 is 0.800 bits per heavy atom. The highest BCUT2D eigenvalue weighted by molar-refractivity contribution is 5.72. The first-order chi connectivity index (χ1) is 7.36. The molecule has 2 aromatic carbocycles. The van der Waals surface area contributed by atoms with E-state index in [1.807, 2.05) is 48.5 Å². The van der Waals surface area contributed by atoms with Crippen LogP contribution in [-0.2, 0) is 0 Å². The number of para-hydroxylation sites is 2. The van der Waals surface area contributed by atoms with Crippen LogP contribution in [0, 0.1) is 0 Å². The van der Waals surface area contributed by atoms with E-state index in [0.29, 0.717) is 0 Å². The van der Waals surface area contributed by atoms with Gasteiger partial charge in [-0.1, -0.05) is 36.4 Å². The maximum Gasteiger partial charge on any atom is 0.108 e. The van der Waals surface area contributed by atoms with Crippen molar-refractivity contribution in [3.05, 3.63) is 59.7 Å². The fourth-order valence-electron chi connectivity index (χ4n) is 2.01. The molecule has 0 saturated heterocycles. The molecule has 0 spiro atoms. The molecule has 1 aliphatic rings. The molecule has 2 N–H and O–H groups in total. The Bertz CT molecular complexity index is 462. The van der Waals surface area contributed by atoms with Gasteiger partial charge >= 0.3 is 0 Å². The first-order valence-corrected chi connectivity index (χ1v) is 4.99. The molecule has 0 bridgehead atoms. The predicted octanol–water partition coefficient (Wildman–Crippen LogP) is 2.83. The number of benzene rings is 2. The summed E-state index contributed by atoms with van der Waals surface area (Å²) in [4.78, 5) is 0. The molecule has 0 aliphatic carbocycles. The van der Waals surface area contributed by atoms with Gasteiger partial charge in [0.15, 0.2) is 0 Å². The summed E-state index contributed by atoms with van der Waals surface area (Å²) in [5, 5.41) is 13.5. The zero-order chi connectivity index (χ0) is 10.3. The lowest BCUT2D eigenvalue weighted by molar-refractivity contribution is 0.220. The van der Waals surface area contributed by atoms with Gasteiger partial charge in [-0.2, -0.15) is 0 Å². The third-order valence-corrected chi connectivity index (χ3v) is 2.78. The Morgan fingerprint density at radius 3 is 1.80 bits per heavy atom. The number of fused-ring (bicyclic) bond motifs is 2. The number of rotatable bonds is 0. The molecule has 2 aromatic rings. The number of hydrogen-bond donors (Lipinski definition) is 2. The fraction of sp³-hybridized carbons (Fsp3) is 0.0769. The van der Waals surface area contributed by atoms with Crippen LogP contribution in [-0.4, -0.2) is 5.11 Å². The maximum atomic E-state index is 10.2. The molecule has 0 radical (unpaired) electrons. The van der Waals surface area contributed by atoms with Crippen molar-refractivity contribution in [3.63, 3.8) is 0 Å². The molecular weight excluding hydrogens is 186 g/mol. The summed E-state index contributed by atoms with van der Waals surface area (Å²) >= 11 is 0. The fourth-order valence-corrected chi connectivity index (χ4v) is 2.01. The van der Waals surface area contributed by atoms with Crippen LogP contribution in [0.5, 0.6) is 0 Å². The minimum Gasteiger partial charge on any atom is -0.383 e. The molecule has 0 atom stereocenters. The van der Waals surface area contributed by atoms with Gasteiger partial charge in [-0.3, -0.25) is 0 Å². The van der Waals surface area contributed by atoms with Crippen molar-refractivity contribution in [2.24, 2.45) is 0 Å². The molecular formula is C13H11NO. The van der Waals surface area contributed by atoms with E-state index in [2.05, 4.69) is 5.32 Å². The topological polar surface area (TPSA) is 32.3 Å². The third kappa shape index (κ3) is 1.22. The Kier molecular flexibility index (Phi) is 1.76. The third-order valence-electron chi connectivity index (χ3n) is 2.78. The normalized spacial score (nSPS) is 13.9. The Morgan fingerprint density at radius 2 is 1.27 bits per heavy atom. The smallest absolute Gasteiger partial charge is 0.108 e. The average Bonchev–Trinajstić information content (AvgIpc) is 2.30. The largest absolute Gasteiger partial charge is 0.383 e. The first kappa shape index (κ1) is 8.50. The van der Waals surface area contributed by atoms with Crippen molar-refractivity contribution in [3.8, 4) is 0 Å². The SMILES string of the molecule is OC1c2ccccc2Nc2ccccc21. The highest BCUT2D eigenvalue weighted by atomic mass is 16.3. The van der Waals surface area contributed by atoms with Crippen molar-refractivity contribution in [1.82, 2.24) is 0 Å². The Balaban J connectivity index is 2.20. The van der Waals surface area contributed by atoms with Crippen molar-refractivity contribution >= 4 is 11.4 Å². The summed E-state index contributed by atoms with van der Waals surface area (Å²) in [5.41, 5.74) is 3.86. The molecule has 1 heterocycles. The number of aliphatic hydroxyl groups is 1.